The molecule has 1 fully saturated rings. The lowest BCUT2D eigenvalue weighted by Gasteiger charge is -2.24. The fraction of sp³-hybridized carbons (Fsp3) is 0.562. The Morgan fingerprint density at radius 1 is 1.14 bits per heavy atom. The molecule has 0 spiro atoms. The van der Waals surface area contributed by atoms with E-state index in [2.05, 4.69) is 33.9 Å². The van der Waals surface area contributed by atoms with Crippen molar-refractivity contribution in [3.63, 3.8) is 0 Å². The smallest absolute Gasteiger partial charge is 0.266 e. The van der Waals surface area contributed by atoms with Gasteiger partial charge in [0.2, 0.25) is 0 Å². The first-order valence-corrected chi connectivity index (χ1v) is 7.87. The van der Waals surface area contributed by atoms with E-state index in [9.17, 15) is 0 Å². The minimum atomic E-state index is 0.413. The molecule has 0 bridgehead atoms. The van der Waals surface area contributed by atoms with Gasteiger partial charge < -0.3 is 14.2 Å². The molecule has 2 aromatic rings. The SMILES string of the molecule is CC.CC(C)c1ccc(-c2nc(N3CCOCC3)no2)cn1. The van der Waals surface area contributed by atoms with Crippen LogP contribution in [-0.4, -0.2) is 41.4 Å². The Bertz CT molecular complexity index is 560. The maximum Gasteiger partial charge on any atom is 0.266 e. The van der Waals surface area contributed by atoms with Gasteiger partial charge in [0.1, 0.15) is 0 Å². The van der Waals surface area contributed by atoms with Crippen molar-refractivity contribution in [2.24, 2.45) is 0 Å². The molecule has 0 saturated carbocycles. The summed E-state index contributed by atoms with van der Waals surface area (Å²) >= 11 is 0. The molecule has 1 aliphatic heterocycles. The van der Waals surface area contributed by atoms with Crippen molar-refractivity contribution in [3.8, 4) is 11.5 Å². The zero-order valence-corrected chi connectivity index (χ0v) is 13.7. The summed E-state index contributed by atoms with van der Waals surface area (Å²) < 4.78 is 10.6. The van der Waals surface area contributed by atoms with E-state index in [0.29, 0.717) is 31.0 Å². The van der Waals surface area contributed by atoms with Gasteiger partial charge in [0.05, 0.1) is 18.8 Å². The van der Waals surface area contributed by atoms with E-state index >= 15 is 0 Å². The molecule has 3 heterocycles. The number of nitrogens with zero attached hydrogens (tertiary/aromatic N) is 4. The van der Waals surface area contributed by atoms with Crippen LogP contribution in [0.3, 0.4) is 0 Å². The zero-order valence-electron chi connectivity index (χ0n) is 13.7. The molecule has 1 saturated heterocycles. The number of aromatic nitrogens is 3. The van der Waals surface area contributed by atoms with Crippen LogP contribution in [0.25, 0.3) is 11.5 Å². The van der Waals surface area contributed by atoms with Crippen molar-refractivity contribution in [3.05, 3.63) is 24.0 Å². The highest BCUT2D eigenvalue weighted by atomic mass is 16.5. The summed E-state index contributed by atoms with van der Waals surface area (Å²) in [4.78, 5) is 10.9. The monoisotopic (exact) mass is 304 g/mol. The molecule has 22 heavy (non-hydrogen) atoms. The first kappa shape index (κ1) is 16.4. The van der Waals surface area contributed by atoms with Gasteiger partial charge in [0.25, 0.3) is 11.8 Å². The van der Waals surface area contributed by atoms with Crippen LogP contribution in [0.1, 0.15) is 39.3 Å². The highest BCUT2D eigenvalue weighted by molar-refractivity contribution is 5.53. The summed E-state index contributed by atoms with van der Waals surface area (Å²) in [6.45, 7) is 11.2. The molecule has 0 radical (unpaired) electrons. The lowest BCUT2D eigenvalue weighted by Crippen LogP contribution is -2.36. The van der Waals surface area contributed by atoms with E-state index in [1.165, 1.54) is 0 Å². The minimum Gasteiger partial charge on any atom is -0.378 e. The van der Waals surface area contributed by atoms with Crippen LogP contribution < -0.4 is 4.90 Å². The lowest BCUT2D eigenvalue weighted by atomic mass is 10.1. The van der Waals surface area contributed by atoms with Crippen LogP contribution in [0.4, 0.5) is 5.95 Å². The molecule has 0 atom stereocenters. The Kier molecular flexibility index (Phi) is 5.89. The van der Waals surface area contributed by atoms with Gasteiger partial charge in [-0.15, -0.1) is 0 Å². The summed E-state index contributed by atoms with van der Waals surface area (Å²) in [5, 5.41) is 4.03. The predicted octanol–water partition coefficient (Wildman–Crippen LogP) is 3.12. The van der Waals surface area contributed by atoms with E-state index in [1.54, 1.807) is 6.20 Å². The van der Waals surface area contributed by atoms with E-state index in [4.69, 9.17) is 9.26 Å². The Labute approximate surface area is 131 Å². The fourth-order valence-electron chi connectivity index (χ4n) is 2.10. The summed E-state index contributed by atoms with van der Waals surface area (Å²) in [5.41, 5.74) is 1.91. The van der Waals surface area contributed by atoms with Crippen molar-refractivity contribution >= 4 is 5.95 Å². The first-order chi connectivity index (χ1) is 10.7. The second kappa shape index (κ2) is 7.89. The molecular weight excluding hydrogens is 280 g/mol. The van der Waals surface area contributed by atoms with Gasteiger partial charge in [-0.05, 0) is 23.2 Å². The van der Waals surface area contributed by atoms with Gasteiger partial charge in [-0.2, -0.15) is 4.98 Å². The largest absolute Gasteiger partial charge is 0.378 e. The summed E-state index contributed by atoms with van der Waals surface area (Å²) in [7, 11) is 0. The number of hydrogen-bond donors (Lipinski definition) is 0. The number of ether oxygens (including phenoxy) is 1. The van der Waals surface area contributed by atoms with Crippen molar-refractivity contribution in [2.75, 3.05) is 31.2 Å². The third-order valence-corrected chi connectivity index (χ3v) is 3.33. The van der Waals surface area contributed by atoms with Crippen molar-refractivity contribution in [2.45, 2.75) is 33.6 Å². The maximum atomic E-state index is 5.32. The highest BCUT2D eigenvalue weighted by Gasteiger charge is 2.18. The number of hydrogen-bond acceptors (Lipinski definition) is 6. The third-order valence-electron chi connectivity index (χ3n) is 3.33. The fourth-order valence-corrected chi connectivity index (χ4v) is 2.10. The van der Waals surface area contributed by atoms with E-state index in [1.807, 2.05) is 26.0 Å². The standard InChI is InChI=1S/C14H18N4O2.C2H6/c1-10(2)12-4-3-11(9-15-12)13-16-14(17-20-13)18-5-7-19-8-6-18;1-2/h3-4,9-10H,5-8H2,1-2H3;1-2H3. The minimum absolute atomic E-state index is 0.413. The second-order valence-electron chi connectivity index (χ2n) is 5.13. The Morgan fingerprint density at radius 2 is 1.86 bits per heavy atom. The van der Waals surface area contributed by atoms with Crippen LogP contribution in [0.5, 0.6) is 0 Å². The summed E-state index contributed by atoms with van der Waals surface area (Å²) in [6, 6.07) is 3.97. The molecule has 0 aliphatic carbocycles. The van der Waals surface area contributed by atoms with Gasteiger partial charge in [-0.3, -0.25) is 4.98 Å². The molecule has 0 N–H and O–H groups in total. The van der Waals surface area contributed by atoms with Crippen LogP contribution in [0.15, 0.2) is 22.9 Å². The molecule has 3 rings (SSSR count). The molecule has 120 valence electrons. The van der Waals surface area contributed by atoms with Crippen molar-refractivity contribution in [1.29, 1.82) is 0 Å². The van der Waals surface area contributed by atoms with Crippen LogP contribution >= 0.6 is 0 Å². The van der Waals surface area contributed by atoms with E-state index < -0.39 is 0 Å². The average molecular weight is 304 g/mol. The quantitative estimate of drug-likeness (QED) is 0.868. The second-order valence-corrected chi connectivity index (χ2v) is 5.13. The van der Waals surface area contributed by atoms with Gasteiger partial charge in [-0.25, -0.2) is 0 Å². The molecule has 0 aromatic carbocycles. The van der Waals surface area contributed by atoms with Crippen LogP contribution in [-0.2, 0) is 4.74 Å². The molecule has 0 unspecified atom stereocenters. The van der Waals surface area contributed by atoms with Crippen molar-refractivity contribution in [1.82, 2.24) is 15.1 Å². The topological polar surface area (TPSA) is 64.3 Å². The Balaban J connectivity index is 0.000000847. The number of morpholine rings is 1. The third kappa shape index (κ3) is 3.82. The lowest BCUT2D eigenvalue weighted by molar-refractivity contribution is 0.121. The van der Waals surface area contributed by atoms with Gasteiger partial charge in [0, 0.05) is 25.0 Å². The first-order valence-electron chi connectivity index (χ1n) is 7.87. The van der Waals surface area contributed by atoms with E-state index in [-0.39, 0.29) is 0 Å². The maximum absolute atomic E-state index is 5.32. The normalized spacial score (nSPS) is 14.7. The number of rotatable bonds is 3. The number of anilines is 1. The molecule has 1 aliphatic rings. The predicted molar refractivity (Wildman–Crippen MR) is 86.0 cm³/mol. The van der Waals surface area contributed by atoms with Gasteiger partial charge >= 0.3 is 0 Å². The van der Waals surface area contributed by atoms with Crippen LogP contribution in [0.2, 0.25) is 0 Å². The Hall–Kier alpha value is -1.95. The molecule has 6 nitrogen and oxygen atoms in total. The average Bonchev–Trinajstić information content (AvgIpc) is 3.08. The molecule has 2 aromatic heterocycles. The molecule has 0 amide bonds. The van der Waals surface area contributed by atoms with Crippen LogP contribution in [0, 0.1) is 0 Å². The van der Waals surface area contributed by atoms with Gasteiger partial charge in [0.15, 0.2) is 0 Å². The highest BCUT2D eigenvalue weighted by Crippen LogP contribution is 2.21. The zero-order chi connectivity index (χ0) is 15.9. The summed E-state index contributed by atoms with van der Waals surface area (Å²) in [5.74, 6) is 1.54. The summed E-state index contributed by atoms with van der Waals surface area (Å²) in [6.07, 6.45) is 1.78. The van der Waals surface area contributed by atoms with Gasteiger partial charge in [-0.1, -0.05) is 27.7 Å². The van der Waals surface area contributed by atoms with Crippen molar-refractivity contribution < 1.29 is 9.26 Å². The van der Waals surface area contributed by atoms with E-state index in [0.717, 1.165) is 24.3 Å². The Morgan fingerprint density at radius 3 is 2.45 bits per heavy atom. The molecule has 6 heteroatoms. The number of pyridine rings is 1. The molecular formula is C16H24N4O2.